The highest BCUT2D eigenvalue weighted by Crippen LogP contribution is 2.19. The van der Waals surface area contributed by atoms with Crippen LogP contribution in [0.5, 0.6) is 0 Å². The molecule has 1 aromatic carbocycles. The summed E-state index contributed by atoms with van der Waals surface area (Å²) in [4.78, 5) is 4.30. The Hall–Kier alpha value is -1.81. The van der Waals surface area contributed by atoms with E-state index >= 15 is 0 Å². The van der Waals surface area contributed by atoms with E-state index in [0.717, 1.165) is 4.31 Å². The van der Waals surface area contributed by atoms with E-state index in [0.29, 0.717) is 12.1 Å². The molecule has 10 heteroatoms. The zero-order chi connectivity index (χ0) is 19.1. The van der Waals surface area contributed by atoms with E-state index in [9.17, 15) is 21.6 Å². The lowest BCUT2D eigenvalue weighted by molar-refractivity contribution is -0.132. The van der Waals surface area contributed by atoms with Gasteiger partial charge in [-0.25, -0.2) is 17.7 Å². The second-order valence-electron chi connectivity index (χ2n) is 5.38. The monoisotopic (exact) mass is 380 g/mol. The fourth-order valence-corrected chi connectivity index (χ4v) is 3.02. The molecule has 0 radical (unpaired) electrons. The number of hydrogen-bond donors (Lipinski definition) is 2. The number of benzene rings is 1. The standard InChI is InChI=1S/C15H23F3N4O2S/c1-4-19-14(20-10-9-15(16,17)18)21-11-12-7-5-6-8-13(12)25(23,24)22(2)3/h5-8H,4,9-11H2,1-3H3,(H2,19,20,21). The molecular formula is C15H23F3N4O2S. The highest BCUT2D eigenvalue weighted by Gasteiger charge is 2.26. The summed E-state index contributed by atoms with van der Waals surface area (Å²) < 4.78 is 62.4. The molecule has 25 heavy (non-hydrogen) atoms. The molecule has 1 rings (SSSR count). The Morgan fingerprint density at radius 2 is 1.84 bits per heavy atom. The van der Waals surface area contributed by atoms with E-state index in [4.69, 9.17) is 0 Å². The third-order valence-electron chi connectivity index (χ3n) is 3.18. The minimum atomic E-state index is -4.25. The summed E-state index contributed by atoms with van der Waals surface area (Å²) in [5, 5.41) is 5.42. The van der Waals surface area contributed by atoms with Crippen LogP contribution in [-0.2, 0) is 16.6 Å². The first-order chi connectivity index (χ1) is 11.6. The molecule has 6 nitrogen and oxygen atoms in total. The molecule has 0 saturated heterocycles. The molecule has 0 heterocycles. The summed E-state index contributed by atoms with van der Waals surface area (Å²) in [5.41, 5.74) is 0.462. The van der Waals surface area contributed by atoms with Crippen molar-refractivity contribution < 1.29 is 21.6 Å². The predicted molar refractivity (Wildman–Crippen MR) is 90.8 cm³/mol. The Kier molecular flexibility index (Phi) is 7.68. The molecule has 0 fully saturated rings. The smallest absolute Gasteiger partial charge is 0.357 e. The van der Waals surface area contributed by atoms with Crippen LogP contribution in [0.1, 0.15) is 18.9 Å². The van der Waals surface area contributed by atoms with Crippen LogP contribution < -0.4 is 10.6 Å². The first-order valence-corrected chi connectivity index (χ1v) is 9.11. The lowest BCUT2D eigenvalue weighted by Gasteiger charge is -2.15. The van der Waals surface area contributed by atoms with Crippen molar-refractivity contribution in [2.45, 2.75) is 31.0 Å². The Labute approximate surface area is 146 Å². The number of guanidine groups is 1. The van der Waals surface area contributed by atoms with Crippen molar-refractivity contribution in [1.82, 2.24) is 14.9 Å². The minimum absolute atomic E-state index is 0.0184. The quantitative estimate of drug-likeness (QED) is 0.560. The Balaban J connectivity index is 2.93. The van der Waals surface area contributed by atoms with E-state index in [1.165, 1.54) is 20.2 Å². The van der Waals surface area contributed by atoms with Gasteiger partial charge in [-0.15, -0.1) is 0 Å². The zero-order valence-electron chi connectivity index (χ0n) is 14.4. The number of nitrogens with zero attached hydrogens (tertiary/aromatic N) is 2. The molecule has 0 aliphatic carbocycles. The second-order valence-corrected chi connectivity index (χ2v) is 7.50. The fourth-order valence-electron chi connectivity index (χ4n) is 1.91. The number of sulfonamides is 1. The average molecular weight is 380 g/mol. The maximum atomic E-state index is 12.3. The van der Waals surface area contributed by atoms with Crippen LogP contribution in [0.15, 0.2) is 34.2 Å². The van der Waals surface area contributed by atoms with Gasteiger partial charge in [-0.2, -0.15) is 13.2 Å². The van der Waals surface area contributed by atoms with Crippen LogP contribution in [0.4, 0.5) is 13.2 Å². The molecular weight excluding hydrogens is 357 g/mol. The minimum Gasteiger partial charge on any atom is -0.357 e. The van der Waals surface area contributed by atoms with Gasteiger partial charge in [-0.05, 0) is 18.6 Å². The van der Waals surface area contributed by atoms with Crippen LogP contribution in [0.3, 0.4) is 0 Å². The average Bonchev–Trinajstić information content (AvgIpc) is 2.51. The van der Waals surface area contributed by atoms with E-state index in [1.807, 2.05) is 0 Å². The van der Waals surface area contributed by atoms with Crippen LogP contribution >= 0.6 is 0 Å². The highest BCUT2D eigenvalue weighted by atomic mass is 32.2. The van der Waals surface area contributed by atoms with Gasteiger partial charge in [0.2, 0.25) is 10.0 Å². The maximum absolute atomic E-state index is 12.3. The number of alkyl halides is 3. The Bertz CT molecular complexity index is 688. The zero-order valence-corrected chi connectivity index (χ0v) is 15.2. The van der Waals surface area contributed by atoms with Gasteiger partial charge in [0.1, 0.15) is 0 Å². The van der Waals surface area contributed by atoms with Crippen LogP contribution in [0.2, 0.25) is 0 Å². The fraction of sp³-hybridized carbons (Fsp3) is 0.533. The lowest BCUT2D eigenvalue weighted by atomic mass is 10.2. The summed E-state index contributed by atoms with van der Waals surface area (Å²) in [6, 6.07) is 6.39. The summed E-state index contributed by atoms with van der Waals surface area (Å²) in [6.07, 6.45) is -5.24. The molecule has 142 valence electrons. The summed E-state index contributed by atoms with van der Waals surface area (Å²) in [5.74, 6) is 0.198. The van der Waals surface area contributed by atoms with Crippen molar-refractivity contribution in [1.29, 1.82) is 0 Å². The Morgan fingerprint density at radius 1 is 1.20 bits per heavy atom. The number of rotatable bonds is 7. The molecule has 2 N–H and O–H groups in total. The first kappa shape index (κ1) is 21.2. The van der Waals surface area contributed by atoms with E-state index < -0.39 is 22.6 Å². The first-order valence-electron chi connectivity index (χ1n) is 7.67. The molecule has 0 spiro atoms. The van der Waals surface area contributed by atoms with Crippen LogP contribution in [-0.4, -0.2) is 52.0 Å². The molecule has 0 bridgehead atoms. The molecule has 0 aliphatic heterocycles. The SMILES string of the molecule is CCNC(=NCc1ccccc1S(=O)(=O)N(C)C)NCCC(F)(F)F. The van der Waals surface area contributed by atoms with Gasteiger partial charge in [0.15, 0.2) is 5.96 Å². The van der Waals surface area contributed by atoms with Crippen molar-refractivity contribution in [3.05, 3.63) is 29.8 Å². The number of halogens is 3. The van der Waals surface area contributed by atoms with E-state index in [1.54, 1.807) is 25.1 Å². The Morgan fingerprint density at radius 3 is 2.40 bits per heavy atom. The number of aliphatic imine (C=N–C) groups is 1. The van der Waals surface area contributed by atoms with Gasteiger partial charge in [0.25, 0.3) is 0 Å². The normalized spacial score (nSPS) is 13.2. The van der Waals surface area contributed by atoms with E-state index in [-0.39, 0.29) is 23.9 Å². The molecule has 0 amide bonds. The molecule has 0 atom stereocenters. The highest BCUT2D eigenvalue weighted by molar-refractivity contribution is 7.89. The summed E-state index contributed by atoms with van der Waals surface area (Å²) >= 11 is 0. The summed E-state index contributed by atoms with van der Waals surface area (Å²) in [6.45, 7) is 1.96. The molecule has 0 aromatic heterocycles. The van der Waals surface area contributed by atoms with Crippen molar-refractivity contribution >= 4 is 16.0 Å². The van der Waals surface area contributed by atoms with Crippen molar-refractivity contribution in [2.75, 3.05) is 27.2 Å². The van der Waals surface area contributed by atoms with Gasteiger partial charge in [0, 0.05) is 27.2 Å². The predicted octanol–water partition coefficient (Wildman–Crippen LogP) is 1.94. The molecule has 0 aliphatic rings. The van der Waals surface area contributed by atoms with Crippen LogP contribution in [0, 0.1) is 0 Å². The van der Waals surface area contributed by atoms with E-state index in [2.05, 4.69) is 15.6 Å². The molecule has 0 saturated carbocycles. The third-order valence-corrected chi connectivity index (χ3v) is 5.10. The van der Waals surface area contributed by atoms with Crippen molar-refractivity contribution in [3.63, 3.8) is 0 Å². The summed E-state index contributed by atoms with van der Waals surface area (Å²) in [7, 11) is -0.772. The largest absolute Gasteiger partial charge is 0.390 e. The topological polar surface area (TPSA) is 73.8 Å². The van der Waals surface area contributed by atoms with Gasteiger partial charge in [0.05, 0.1) is 17.9 Å². The third kappa shape index (κ3) is 6.91. The number of hydrogen-bond acceptors (Lipinski definition) is 3. The second kappa shape index (κ2) is 9.04. The van der Waals surface area contributed by atoms with Gasteiger partial charge in [-0.1, -0.05) is 18.2 Å². The molecule has 0 unspecified atom stereocenters. The van der Waals surface area contributed by atoms with Crippen molar-refractivity contribution in [2.24, 2.45) is 4.99 Å². The molecule has 1 aromatic rings. The lowest BCUT2D eigenvalue weighted by Crippen LogP contribution is -2.38. The maximum Gasteiger partial charge on any atom is 0.390 e. The van der Waals surface area contributed by atoms with Gasteiger partial charge in [-0.3, -0.25) is 0 Å². The van der Waals surface area contributed by atoms with Gasteiger partial charge >= 0.3 is 6.18 Å². The number of nitrogens with one attached hydrogen (secondary N) is 2. The van der Waals surface area contributed by atoms with Crippen LogP contribution in [0.25, 0.3) is 0 Å². The van der Waals surface area contributed by atoms with Gasteiger partial charge < -0.3 is 10.6 Å². The van der Waals surface area contributed by atoms with Crippen molar-refractivity contribution in [3.8, 4) is 0 Å².